The molecule has 8 heteroatoms. The van der Waals surface area contributed by atoms with Crippen molar-refractivity contribution in [3.63, 3.8) is 0 Å². The highest BCUT2D eigenvalue weighted by atomic mass is 32.3. The Hall–Kier alpha value is -0.250. The van der Waals surface area contributed by atoms with Crippen LogP contribution in [0.15, 0.2) is 0 Å². The lowest BCUT2D eigenvalue weighted by Gasteiger charge is -2.25. The van der Waals surface area contributed by atoms with E-state index in [1.165, 1.54) is 0 Å². The smallest absolute Gasteiger partial charge is 0.314 e. The number of hydrogen-bond donors (Lipinski definition) is 4. The van der Waals surface area contributed by atoms with E-state index in [4.69, 9.17) is 28.3 Å². The Morgan fingerprint density at radius 1 is 1.50 bits per heavy atom. The van der Waals surface area contributed by atoms with Gasteiger partial charge in [0.1, 0.15) is 0 Å². The Bertz CT molecular complexity index is 235. The molecule has 2 atom stereocenters. The molecular formula is C6H16N2O5S. The first kappa shape index (κ1) is 13.8. The Balaban J connectivity index is 0.000000292. The van der Waals surface area contributed by atoms with Crippen LogP contribution in [-0.4, -0.2) is 36.2 Å². The maximum Gasteiger partial charge on any atom is 0.394 e. The van der Waals surface area contributed by atoms with Crippen LogP contribution in [-0.2, 0) is 15.2 Å². The van der Waals surface area contributed by atoms with Gasteiger partial charge in [-0.1, -0.05) is 0 Å². The van der Waals surface area contributed by atoms with E-state index >= 15 is 0 Å². The summed E-state index contributed by atoms with van der Waals surface area (Å²) in [6, 6.07) is 0.562. The third kappa shape index (κ3) is 9.84. The van der Waals surface area contributed by atoms with Crippen LogP contribution in [0, 0.1) is 0 Å². The van der Waals surface area contributed by atoms with Gasteiger partial charge in [-0.25, -0.2) is 5.90 Å². The topological polar surface area (TPSA) is 122 Å². The molecule has 0 radical (unpaired) electrons. The minimum absolute atomic E-state index is 0.279. The fourth-order valence-corrected chi connectivity index (χ4v) is 1.21. The predicted molar refractivity (Wildman–Crippen MR) is 49.9 cm³/mol. The lowest BCUT2D eigenvalue weighted by Crippen LogP contribution is -2.40. The number of nitrogens with one attached hydrogen (secondary N) is 1. The zero-order valence-electron chi connectivity index (χ0n) is 7.88. The van der Waals surface area contributed by atoms with Crippen LogP contribution in [0.4, 0.5) is 0 Å². The molecule has 0 saturated carbocycles. The molecule has 5 N–H and O–H groups in total. The summed E-state index contributed by atoms with van der Waals surface area (Å²) in [4.78, 5) is 4.72. The summed E-state index contributed by atoms with van der Waals surface area (Å²) in [7, 11) is -4.67. The third-order valence-corrected chi connectivity index (χ3v) is 1.77. The van der Waals surface area contributed by atoms with E-state index in [9.17, 15) is 0 Å². The first-order valence-corrected chi connectivity index (χ1v) is 5.51. The molecule has 1 fully saturated rings. The maximum absolute atomic E-state index is 8.74. The van der Waals surface area contributed by atoms with Gasteiger partial charge in [0.25, 0.3) is 0 Å². The van der Waals surface area contributed by atoms with Crippen molar-refractivity contribution in [2.24, 2.45) is 5.90 Å². The molecule has 0 spiro atoms. The van der Waals surface area contributed by atoms with Crippen LogP contribution in [0.25, 0.3) is 0 Å². The van der Waals surface area contributed by atoms with Gasteiger partial charge in [-0.05, 0) is 26.3 Å². The van der Waals surface area contributed by atoms with Crippen molar-refractivity contribution in [2.45, 2.75) is 31.9 Å². The zero-order valence-corrected chi connectivity index (χ0v) is 8.70. The molecule has 1 rings (SSSR count). The second-order valence-electron chi connectivity index (χ2n) is 3.09. The fourth-order valence-electron chi connectivity index (χ4n) is 1.21. The van der Waals surface area contributed by atoms with Crippen molar-refractivity contribution in [3.8, 4) is 0 Å². The quantitative estimate of drug-likeness (QED) is 0.348. The number of piperidine rings is 1. The van der Waals surface area contributed by atoms with E-state index in [1.54, 1.807) is 0 Å². The highest BCUT2D eigenvalue weighted by molar-refractivity contribution is 7.79. The van der Waals surface area contributed by atoms with E-state index in [2.05, 4.69) is 12.2 Å². The minimum Gasteiger partial charge on any atom is -0.314 e. The molecule has 2 unspecified atom stereocenters. The molecule has 14 heavy (non-hydrogen) atoms. The van der Waals surface area contributed by atoms with Crippen molar-refractivity contribution in [1.29, 1.82) is 0 Å². The van der Waals surface area contributed by atoms with E-state index in [0.29, 0.717) is 6.04 Å². The molecule has 0 aromatic heterocycles. The van der Waals surface area contributed by atoms with Crippen molar-refractivity contribution in [1.82, 2.24) is 5.32 Å². The summed E-state index contributed by atoms with van der Waals surface area (Å²) >= 11 is 0. The lowest BCUT2D eigenvalue weighted by molar-refractivity contribution is 0.0233. The summed E-state index contributed by atoms with van der Waals surface area (Å²) in [5.41, 5.74) is 0. The van der Waals surface area contributed by atoms with Gasteiger partial charge in [0, 0.05) is 6.04 Å². The maximum atomic E-state index is 8.74. The Morgan fingerprint density at radius 3 is 2.29 bits per heavy atom. The number of rotatable bonds is 1. The van der Waals surface area contributed by atoms with Crippen LogP contribution in [0.2, 0.25) is 0 Å². The van der Waals surface area contributed by atoms with Crippen LogP contribution >= 0.6 is 0 Å². The summed E-state index contributed by atoms with van der Waals surface area (Å²) < 4.78 is 31.6. The Kier molecular flexibility index (Phi) is 6.16. The summed E-state index contributed by atoms with van der Waals surface area (Å²) in [5, 5.41) is 3.31. The van der Waals surface area contributed by atoms with E-state index in [0.717, 1.165) is 19.4 Å². The Labute approximate surface area is 83.2 Å². The second kappa shape index (κ2) is 6.27. The SMILES string of the molecule is CC1CC(ON)CCN1.O=S(=O)(O)O. The normalized spacial score (nSPS) is 27.7. The van der Waals surface area contributed by atoms with Gasteiger partial charge in [-0.3, -0.25) is 9.11 Å². The summed E-state index contributed by atoms with van der Waals surface area (Å²) in [6.45, 7) is 3.17. The van der Waals surface area contributed by atoms with Crippen LogP contribution < -0.4 is 11.2 Å². The molecular weight excluding hydrogens is 212 g/mol. The Morgan fingerprint density at radius 2 is 2.00 bits per heavy atom. The van der Waals surface area contributed by atoms with E-state index in [1.807, 2.05) is 0 Å². The molecule has 0 aromatic rings. The zero-order chi connectivity index (χ0) is 11.2. The molecule has 0 amide bonds. The standard InChI is InChI=1S/C6H14N2O.H2O4S/c1-5-4-6(9-7)2-3-8-5;1-5(2,3)4/h5-6,8H,2-4,7H2,1H3;(H2,1,2,3,4). The van der Waals surface area contributed by atoms with E-state index < -0.39 is 10.4 Å². The molecule has 86 valence electrons. The van der Waals surface area contributed by atoms with E-state index in [-0.39, 0.29) is 6.10 Å². The molecule has 0 aromatic carbocycles. The van der Waals surface area contributed by atoms with Gasteiger partial charge in [-0.15, -0.1) is 0 Å². The van der Waals surface area contributed by atoms with Crippen LogP contribution in [0.1, 0.15) is 19.8 Å². The molecule has 1 saturated heterocycles. The molecule has 7 nitrogen and oxygen atoms in total. The van der Waals surface area contributed by atoms with Gasteiger partial charge in [0.05, 0.1) is 6.10 Å². The molecule has 1 aliphatic rings. The predicted octanol–water partition coefficient (Wildman–Crippen LogP) is -0.636. The van der Waals surface area contributed by atoms with Gasteiger partial charge < -0.3 is 10.2 Å². The largest absolute Gasteiger partial charge is 0.394 e. The van der Waals surface area contributed by atoms with Gasteiger partial charge in [0.2, 0.25) is 0 Å². The monoisotopic (exact) mass is 228 g/mol. The third-order valence-electron chi connectivity index (χ3n) is 1.77. The first-order chi connectivity index (χ1) is 6.33. The molecule has 1 aliphatic heterocycles. The summed E-state index contributed by atoms with van der Waals surface area (Å²) in [5.74, 6) is 5.04. The summed E-state index contributed by atoms with van der Waals surface area (Å²) in [6.07, 6.45) is 2.36. The van der Waals surface area contributed by atoms with Crippen molar-refractivity contribution < 1.29 is 22.4 Å². The number of hydrogen-bond acceptors (Lipinski definition) is 5. The fraction of sp³-hybridized carbons (Fsp3) is 1.00. The van der Waals surface area contributed by atoms with Crippen LogP contribution in [0.3, 0.4) is 0 Å². The minimum atomic E-state index is -4.67. The van der Waals surface area contributed by atoms with Crippen molar-refractivity contribution >= 4 is 10.4 Å². The van der Waals surface area contributed by atoms with Gasteiger partial charge in [-0.2, -0.15) is 8.42 Å². The first-order valence-electron chi connectivity index (χ1n) is 4.11. The second-order valence-corrected chi connectivity index (χ2v) is 3.98. The lowest BCUT2D eigenvalue weighted by atomic mass is 10.0. The van der Waals surface area contributed by atoms with Crippen molar-refractivity contribution in [2.75, 3.05) is 6.54 Å². The van der Waals surface area contributed by atoms with Crippen LogP contribution in [0.5, 0.6) is 0 Å². The van der Waals surface area contributed by atoms with Crippen molar-refractivity contribution in [3.05, 3.63) is 0 Å². The molecule has 0 bridgehead atoms. The molecule has 0 aliphatic carbocycles. The highest BCUT2D eigenvalue weighted by Crippen LogP contribution is 2.09. The van der Waals surface area contributed by atoms with Gasteiger partial charge in [0.15, 0.2) is 0 Å². The average molecular weight is 228 g/mol. The number of nitrogens with two attached hydrogens (primary N) is 1. The highest BCUT2D eigenvalue weighted by Gasteiger charge is 2.17. The van der Waals surface area contributed by atoms with Gasteiger partial charge >= 0.3 is 10.4 Å². The molecule has 1 heterocycles. The average Bonchev–Trinajstić information content (AvgIpc) is 2.01.